The van der Waals surface area contributed by atoms with Crippen LogP contribution in [0.2, 0.25) is 0 Å². The van der Waals surface area contributed by atoms with Gasteiger partial charge in [-0.25, -0.2) is 0 Å². The molecule has 138 valence electrons. The van der Waals surface area contributed by atoms with Crippen LogP contribution in [-0.2, 0) is 11.3 Å². The number of benzene rings is 1. The smallest absolute Gasteiger partial charge is 0.239 e. The second kappa shape index (κ2) is 10.9. The number of likely N-dealkylation sites (tertiary alicyclic amines) is 1. The number of nitrogens with two attached hydrogens (primary N) is 1. The van der Waals surface area contributed by atoms with Crippen molar-refractivity contribution < 1.29 is 4.79 Å². The van der Waals surface area contributed by atoms with E-state index in [2.05, 4.69) is 29.2 Å². The van der Waals surface area contributed by atoms with Crippen molar-refractivity contribution >= 4 is 30.7 Å². The molecule has 1 heterocycles. The molecule has 2 N–H and O–H groups in total. The highest BCUT2D eigenvalue weighted by Crippen LogP contribution is 2.18. The molecule has 1 atom stereocenters. The van der Waals surface area contributed by atoms with Gasteiger partial charge in [-0.15, -0.1) is 24.8 Å². The zero-order valence-corrected chi connectivity index (χ0v) is 16.5. The minimum absolute atomic E-state index is 0. The van der Waals surface area contributed by atoms with Gasteiger partial charge in [0.2, 0.25) is 5.91 Å². The van der Waals surface area contributed by atoms with Crippen LogP contribution >= 0.6 is 24.8 Å². The highest BCUT2D eigenvalue weighted by Gasteiger charge is 2.29. The van der Waals surface area contributed by atoms with Crippen LogP contribution in [0.4, 0.5) is 0 Å². The first kappa shape index (κ1) is 23.2. The Kier molecular flexibility index (Phi) is 10.6. The third kappa shape index (κ3) is 6.25. The summed E-state index contributed by atoms with van der Waals surface area (Å²) in [5.41, 5.74) is 7.35. The van der Waals surface area contributed by atoms with E-state index >= 15 is 0 Å². The van der Waals surface area contributed by atoms with E-state index in [1.807, 2.05) is 31.9 Å². The summed E-state index contributed by atoms with van der Waals surface area (Å²) < 4.78 is 0. The van der Waals surface area contributed by atoms with E-state index in [0.717, 1.165) is 32.5 Å². The van der Waals surface area contributed by atoms with Crippen LogP contribution in [0.3, 0.4) is 0 Å². The molecule has 1 aromatic carbocycles. The Morgan fingerprint density at radius 2 is 1.75 bits per heavy atom. The Morgan fingerprint density at radius 1 is 1.21 bits per heavy atom. The van der Waals surface area contributed by atoms with Crippen LogP contribution in [0.25, 0.3) is 0 Å². The van der Waals surface area contributed by atoms with Gasteiger partial charge in [0, 0.05) is 32.7 Å². The summed E-state index contributed by atoms with van der Waals surface area (Å²) in [4.78, 5) is 16.7. The number of hydrogen-bond acceptors (Lipinski definition) is 3. The van der Waals surface area contributed by atoms with Crippen molar-refractivity contribution in [1.29, 1.82) is 0 Å². The van der Waals surface area contributed by atoms with Crippen molar-refractivity contribution in [2.45, 2.75) is 45.3 Å². The molecule has 24 heavy (non-hydrogen) atoms. The molecule has 0 spiro atoms. The fourth-order valence-corrected chi connectivity index (χ4v) is 3.01. The number of nitrogens with zero attached hydrogens (tertiary/aromatic N) is 2. The van der Waals surface area contributed by atoms with Gasteiger partial charge in [0.25, 0.3) is 0 Å². The lowest BCUT2D eigenvalue weighted by atomic mass is 9.99. The maximum Gasteiger partial charge on any atom is 0.239 e. The van der Waals surface area contributed by atoms with E-state index in [0.29, 0.717) is 6.04 Å². The molecule has 0 radical (unpaired) electrons. The van der Waals surface area contributed by atoms with Crippen LogP contribution in [-0.4, -0.2) is 47.9 Å². The highest BCUT2D eigenvalue weighted by molar-refractivity contribution is 5.85. The van der Waals surface area contributed by atoms with Crippen molar-refractivity contribution in [2.24, 2.45) is 11.7 Å². The van der Waals surface area contributed by atoms with E-state index in [9.17, 15) is 4.79 Å². The topological polar surface area (TPSA) is 49.6 Å². The lowest BCUT2D eigenvalue weighted by Crippen LogP contribution is -2.51. The summed E-state index contributed by atoms with van der Waals surface area (Å²) in [6.07, 6.45) is 2.06. The molecule has 0 saturated carbocycles. The molecular weight excluding hydrogens is 345 g/mol. The molecule has 1 aliphatic heterocycles. The second-order valence-electron chi connectivity index (χ2n) is 6.71. The summed E-state index contributed by atoms with van der Waals surface area (Å²) in [6, 6.07) is 10.5. The van der Waals surface area contributed by atoms with E-state index < -0.39 is 0 Å². The third-order valence-electron chi connectivity index (χ3n) is 4.70. The number of likely N-dealkylation sites (N-methyl/N-ethyl adjacent to an activating group) is 1. The fourth-order valence-electron chi connectivity index (χ4n) is 3.01. The van der Waals surface area contributed by atoms with Gasteiger partial charge in [0.15, 0.2) is 0 Å². The van der Waals surface area contributed by atoms with Gasteiger partial charge in [-0.2, -0.15) is 0 Å². The average Bonchev–Trinajstić information content (AvgIpc) is 2.54. The largest absolute Gasteiger partial charge is 0.341 e. The number of carbonyl (C=O) groups excluding carboxylic acids is 1. The summed E-state index contributed by atoms with van der Waals surface area (Å²) in [6.45, 7) is 7.07. The van der Waals surface area contributed by atoms with Gasteiger partial charge < -0.3 is 10.6 Å². The van der Waals surface area contributed by atoms with Crippen molar-refractivity contribution in [3.8, 4) is 0 Å². The number of amides is 1. The number of piperidine rings is 1. The third-order valence-corrected chi connectivity index (χ3v) is 4.70. The first-order valence-corrected chi connectivity index (χ1v) is 8.27. The van der Waals surface area contributed by atoms with Crippen molar-refractivity contribution in [3.05, 3.63) is 35.9 Å². The summed E-state index contributed by atoms with van der Waals surface area (Å²) in [5.74, 6) is 0.268. The molecular formula is C18H31Cl2N3O. The van der Waals surface area contributed by atoms with E-state index in [1.54, 1.807) is 0 Å². The Morgan fingerprint density at radius 3 is 2.25 bits per heavy atom. The van der Waals surface area contributed by atoms with Crippen LogP contribution in [0.5, 0.6) is 0 Å². The zero-order valence-electron chi connectivity index (χ0n) is 14.9. The zero-order chi connectivity index (χ0) is 16.1. The monoisotopic (exact) mass is 375 g/mol. The van der Waals surface area contributed by atoms with Gasteiger partial charge in [-0.1, -0.05) is 44.2 Å². The first-order valence-electron chi connectivity index (χ1n) is 8.27. The maximum absolute atomic E-state index is 12.3. The molecule has 1 fully saturated rings. The molecule has 1 aromatic rings. The Balaban J connectivity index is 0.00000264. The van der Waals surface area contributed by atoms with Crippen molar-refractivity contribution in [3.63, 3.8) is 0 Å². The highest BCUT2D eigenvalue weighted by atomic mass is 35.5. The predicted octanol–water partition coefficient (Wildman–Crippen LogP) is 2.94. The molecule has 1 amide bonds. The number of hydrogen-bond donors (Lipinski definition) is 1. The molecule has 1 saturated heterocycles. The average molecular weight is 376 g/mol. The molecule has 0 aliphatic carbocycles. The van der Waals surface area contributed by atoms with Crippen LogP contribution in [0, 0.1) is 5.92 Å². The lowest BCUT2D eigenvalue weighted by molar-refractivity contribution is -0.135. The fraction of sp³-hybridized carbons (Fsp3) is 0.611. The van der Waals surface area contributed by atoms with Crippen LogP contribution in [0.1, 0.15) is 32.3 Å². The SMILES string of the molecule is CC(C)[C@H](N)C(=O)N(C)C1CCN(Cc2ccccc2)CC1.Cl.Cl. The number of halogens is 2. The van der Waals surface area contributed by atoms with Crippen LogP contribution < -0.4 is 5.73 Å². The molecule has 1 aliphatic rings. The summed E-state index contributed by atoms with van der Waals surface area (Å²) in [5, 5.41) is 0. The maximum atomic E-state index is 12.3. The lowest BCUT2D eigenvalue weighted by Gasteiger charge is -2.38. The molecule has 2 rings (SSSR count). The summed E-state index contributed by atoms with van der Waals surface area (Å²) >= 11 is 0. The number of rotatable bonds is 5. The van der Waals surface area contributed by atoms with E-state index in [4.69, 9.17) is 5.73 Å². The van der Waals surface area contributed by atoms with E-state index in [1.165, 1.54) is 5.56 Å². The van der Waals surface area contributed by atoms with Gasteiger partial charge in [0.05, 0.1) is 6.04 Å². The Labute approximate surface area is 158 Å². The Bertz CT molecular complexity index is 476. The quantitative estimate of drug-likeness (QED) is 0.860. The van der Waals surface area contributed by atoms with Crippen molar-refractivity contribution in [1.82, 2.24) is 9.80 Å². The van der Waals surface area contributed by atoms with Gasteiger partial charge in [-0.3, -0.25) is 9.69 Å². The molecule has 6 heteroatoms. The molecule has 4 nitrogen and oxygen atoms in total. The summed E-state index contributed by atoms with van der Waals surface area (Å²) in [7, 11) is 1.90. The van der Waals surface area contributed by atoms with Gasteiger partial charge in [0.1, 0.15) is 0 Å². The first-order chi connectivity index (χ1) is 10.5. The normalized spacial score (nSPS) is 16.9. The standard InChI is InChI=1S/C18H29N3O.2ClH/c1-14(2)17(19)18(22)20(3)16-9-11-21(12-10-16)13-15-7-5-4-6-8-15;;/h4-8,14,16-17H,9-13,19H2,1-3H3;2*1H/t17-;;/m0../s1. The minimum atomic E-state index is -0.382. The van der Waals surface area contributed by atoms with Crippen LogP contribution in [0.15, 0.2) is 30.3 Å². The van der Waals surface area contributed by atoms with E-state index in [-0.39, 0.29) is 42.7 Å². The minimum Gasteiger partial charge on any atom is -0.341 e. The second-order valence-corrected chi connectivity index (χ2v) is 6.71. The molecule has 0 bridgehead atoms. The molecule has 0 aromatic heterocycles. The van der Waals surface area contributed by atoms with Gasteiger partial charge >= 0.3 is 0 Å². The van der Waals surface area contributed by atoms with Gasteiger partial charge in [-0.05, 0) is 24.3 Å². The molecule has 0 unspecified atom stereocenters. The van der Waals surface area contributed by atoms with Crippen molar-refractivity contribution in [2.75, 3.05) is 20.1 Å². The predicted molar refractivity (Wildman–Crippen MR) is 105 cm³/mol. The Hall–Kier alpha value is -0.810. The number of carbonyl (C=O) groups is 1.